The maximum absolute atomic E-state index is 8.90. The molecule has 1 aliphatic heterocycles. The van der Waals surface area contributed by atoms with Crippen molar-refractivity contribution in [2.45, 2.75) is 19.4 Å². The van der Waals surface area contributed by atoms with Crippen molar-refractivity contribution in [3.8, 4) is 6.07 Å². The Hall–Kier alpha value is -0.590. The Balaban J connectivity index is 2.61. The Morgan fingerprint density at radius 2 is 2.36 bits per heavy atom. The quantitative estimate of drug-likeness (QED) is 0.644. The molecule has 0 radical (unpaired) electrons. The molecule has 3 nitrogen and oxygen atoms in total. The Bertz CT molecular complexity index is 165. The van der Waals surface area contributed by atoms with Gasteiger partial charge in [0.1, 0.15) is 5.41 Å². The van der Waals surface area contributed by atoms with Gasteiger partial charge in [0.2, 0.25) is 0 Å². The van der Waals surface area contributed by atoms with Gasteiger partial charge < -0.3 is 10.1 Å². The van der Waals surface area contributed by atoms with E-state index in [0.29, 0.717) is 13.2 Å². The molecule has 0 saturated carbocycles. The molecule has 0 amide bonds. The van der Waals surface area contributed by atoms with Crippen molar-refractivity contribution in [3.05, 3.63) is 0 Å². The average molecular weight is 154 g/mol. The number of nitrogens with zero attached hydrogens (tertiary/aromatic N) is 1. The van der Waals surface area contributed by atoms with Gasteiger partial charge in [-0.1, -0.05) is 6.92 Å². The third-order valence-electron chi connectivity index (χ3n) is 2.37. The summed E-state index contributed by atoms with van der Waals surface area (Å²) in [7, 11) is 1.89. The van der Waals surface area contributed by atoms with Crippen LogP contribution in [0.4, 0.5) is 0 Å². The van der Waals surface area contributed by atoms with Gasteiger partial charge in [0.05, 0.1) is 19.3 Å². The molecule has 1 fully saturated rings. The first kappa shape index (κ1) is 8.51. The fourth-order valence-corrected chi connectivity index (χ4v) is 1.54. The van der Waals surface area contributed by atoms with Crippen LogP contribution >= 0.6 is 0 Å². The van der Waals surface area contributed by atoms with Gasteiger partial charge in [-0.2, -0.15) is 5.26 Å². The molecule has 1 N–H and O–H groups in total. The van der Waals surface area contributed by atoms with E-state index >= 15 is 0 Å². The SMILES string of the molecule is CCC(NC)C1(C#N)COC1. The van der Waals surface area contributed by atoms with Crippen LogP contribution in [0.25, 0.3) is 0 Å². The van der Waals surface area contributed by atoms with Crippen LogP contribution in [0.5, 0.6) is 0 Å². The molecule has 1 unspecified atom stereocenters. The lowest BCUT2D eigenvalue weighted by atomic mass is 9.78. The smallest absolute Gasteiger partial charge is 0.119 e. The van der Waals surface area contributed by atoms with Gasteiger partial charge in [-0.3, -0.25) is 0 Å². The third kappa shape index (κ3) is 1.24. The van der Waals surface area contributed by atoms with Crippen LogP contribution in [0, 0.1) is 16.7 Å². The van der Waals surface area contributed by atoms with Crippen molar-refractivity contribution < 1.29 is 4.74 Å². The molecule has 0 bridgehead atoms. The van der Waals surface area contributed by atoms with E-state index in [0.717, 1.165) is 6.42 Å². The Kier molecular flexibility index (Phi) is 2.48. The standard InChI is InChI=1S/C8H14N2O/c1-3-7(10-2)8(4-9)5-11-6-8/h7,10H,3,5-6H2,1-2H3. The van der Waals surface area contributed by atoms with E-state index in [9.17, 15) is 0 Å². The number of hydrogen-bond acceptors (Lipinski definition) is 3. The van der Waals surface area contributed by atoms with Crippen molar-refractivity contribution >= 4 is 0 Å². The van der Waals surface area contributed by atoms with Crippen LogP contribution in [0.2, 0.25) is 0 Å². The summed E-state index contributed by atoms with van der Waals surface area (Å²) in [5.41, 5.74) is -0.247. The predicted molar refractivity (Wildman–Crippen MR) is 42.0 cm³/mol. The highest BCUT2D eigenvalue weighted by Crippen LogP contribution is 2.31. The van der Waals surface area contributed by atoms with Crippen molar-refractivity contribution in [1.29, 1.82) is 5.26 Å². The molecular weight excluding hydrogens is 140 g/mol. The van der Waals surface area contributed by atoms with E-state index in [1.807, 2.05) is 7.05 Å². The lowest BCUT2D eigenvalue weighted by Gasteiger charge is -2.41. The fourth-order valence-electron chi connectivity index (χ4n) is 1.54. The normalized spacial score (nSPS) is 23.4. The highest BCUT2D eigenvalue weighted by molar-refractivity contribution is 5.10. The molecule has 0 aliphatic carbocycles. The number of rotatable bonds is 3. The topological polar surface area (TPSA) is 45.0 Å². The van der Waals surface area contributed by atoms with E-state index in [1.54, 1.807) is 0 Å². The van der Waals surface area contributed by atoms with Gasteiger partial charge in [-0.05, 0) is 13.5 Å². The zero-order valence-electron chi connectivity index (χ0n) is 7.05. The van der Waals surface area contributed by atoms with E-state index < -0.39 is 0 Å². The first-order valence-corrected chi connectivity index (χ1v) is 3.95. The maximum Gasteiger partial charge on any atom is 0.119 e. The number of hydrogen-bond donors (Lipinski definition) is 1. The van der Waals surface area contributed by atoms with Crippen LogP contribution < -0.4 is 5.32 Å². The first-order valence-electron chi connectivity index (χ1n) is 3.95. The summed E-state index contributed by atoms with van der Waals surface area (Å²) in [6.45, 7) is 3.25. The van der Waals surface area contributed by atoms with Crippen LogP contribution in [-0.2, 0) is 4.74 Å². The van der Waals surface area contributed by atoms with Crippen molar-refractivity contribution in [2.24, 2.45) is 5.41 Å². The summed E-state index contributed by atoms with van der Waals surface area (Å²) >= 11 is 0. The largest absolute Gasteiger partial charge is 0.378 e. The second kappa shape index (κ2) is 3.21. The average Bonchev–Trinajstić information content (AvgIpc) is 1.96. The molecule has 11 heavy (non-hydrogen) atoms. The Morgan fingerprint density at radius 1 is 1.73 bits per heavy atom. The molecule has 0 aromatic rings. The zero-order valence-corrected chi connectivity index (χ0v) is 7.05. The molecule has 1 atom stereocenters. The van der Waals surface area contributed by atoms with Crippen molar-refractivity contribution in [1.82, 2.24) is 5.32 Å². The minimum absolute atomic E-state index is 0.247. The molecule has 62 valence electrons. The zero-order chi connectivity index (χ0) is 8.32. The number of nitriles is 1. The van der Waals surface area contributed by atoms with Gasteiger partial charge in [-0.25, -0.2) is 0 Å². The van der Waals surface area contributed by atoms with Crippen molar-refractivity contribution in [2.75, 3.05) is 20.3 Å². The van der Waals surface area contributed by atoms with E-state index in [1.165, 1.54) is 0 Å². The predicted octanol–water partition coefficient (Wildman–Crippen LogP) is 0.525. The van der Waals surface area contributed by atoms with Gasteiger partial charge in [0, 0.05) is 6.04 Å². The fraction of sp³-hybridized carbons (Fsp3) is 0.875. The Morgan fingerprint density at radius 3 is 2.45 bits per heavy atom. The lowest BCUT2D eigenvalue weighted by Crippen LogP contribution is -2.55. The second-order valence-corrected chi connectivity index (χ2v) is 3.01. The summed E-state index contributed by atoms with van der Waals surface area (Å²) in [4.78, 5) is 0. The third-order valence-corrected chi connectivity index (χ3v) is 2.37. The van der Waals surface area contributed by atoms with Gasteiger partial charge in [0.15, 0.2) is 0 Å². The number of ether oxygens (including phenoxy) is 1. The molecule has 3 heteroatoms. The highest BCUT2D eigenvalue weighted by Gasteiger charge is 2.44. The van der Waals surface area contributed by atoms with Crippen LogP contribution in [0.15, 0.2) is 0 Å². The molecule has 1 aliphatic rings. The van der Waals surface area contributed by atoms with E-state index in [2.05, 4.69) is 18.3 Å². The minimum atomic E-state index is -0.247. The van der Waals surface area contributed by atoms with E-state index in [-0.39, 0.29) is 11.5 Å². The van der Waals surface area contributed by atoms with Gasteiger partial charge in [0.25, 0.3) is 0 Å². The molecule has 0 aromatic carbocycles. The molecule has 0 aromatic heterocycles. The van der Waals surface area contributed by atoms with Crippen LogP contribution in [0.1, 0.15) is 13.3 Å². The number of nitrogens with one attached hydrogen (secondary N) is 1. The summed E-state index contributed by atoms with van der Waals surface area (Å²) < 4.78 is 5.05. The monoisotopic (exact) mass is 154 g/mol. The van der Waals surface area contributed by atoms with E-state index in [4.69, 9.17) is 10.00 Å². The summed E-state index contributed by atoms with van der Waals surface area (Å²) in [6, 6.07) is 2.61. The molecular formula is C8H14N2O. The molecule has 1 saturated heterocycles. The van der Waals surface area contributed by atoms with Crippen LogP contribution in [0.3, 0.4) is 0 Å². The molecule has 0 spiro atoms. The van der Waals surface area contributed by atoms with Gasteiger partial charge >= 0.3 is 0 Å². The van der Waals surface area contributed by atoms with Crippen molar-refractivity contribution in [3.63, 3.8) is 0 Å². The van der Waals surface area contributed by atoms with Gasteiger partial charge in [-0.15, -0.1) is 0 Å². The lowest BCUT2D eigenvalue weighted by molar-refractivity contribution is -0.0957. The minimum Gasteiger partial charge on any atom is -0.378 e. The molecule has 1 heterocycles. The maximum atomic E-state index is 8.90. The summed E-state index contributed by atoms with van der Waals surface area (Å²) in [5, 5.41) is 12.0. The first-order chi connectivity index (χ1) is 5.29. The Labute approximate surface area is 67.3 Å². The molecule has 1 rings (SSSR count). The summed E-state index contributed by atoms with van der Waals surface area (Å²) in [5.74, 6) is 0. The second-order valence-electron chi connectivity index (χ2n) is 3.01. The summed E-state index contributed by atoms with van der Waals surface area (Å²) in [6.07, 6.45) is 0.980. The highest BCUT2D eigenvalue weighted by atomic mass is 16.5. The van der Waals surface area contributed by atoms with Crippen LogP contribution in [-0.4, -0.2) is 26.3 Å².